The molecule has 2 aromatic rings. The first-order valence-corrected chi connectivity index (χ1v) is 11.4. The SMILES string of the molecule is CCNC(=NCc1cccc(CN2CCOCC2)c1)NCC(C)Oc1ccccc1OC.I. The van der Waals surface area contributed by atoms with Gasteiger partial charge in [0.2, 0.25) is 0 Å². The average Bonchev–Trinajstić information content (AvgIpc) is 2.82. The minimum Gasteiger partial charge on any atom is -0.493 e. The van der Waals surface area contributed by atoms with Gasteiger partial charge in [-0.3, -0.25) is 4.90 Å². The number of aliphatic imine (C=N–C) groups is 1. The van der Waals surface area contributed by atoms with Crippen molar-refractivity contribution < 1.29 is 14.2 Å². The fraction of sp³-hybridized carbons (Fsp3) is 0.480. The summed E-state index contributed by atoms with van der Waals surface area (Å²) in [5.74, 6) is 2.25. The molecule has 1 saturated heterocycles. The molecule has 1 aliphatic rings. The van der Waals surface area contributed by atoms with Gasteiger partial charge in [0.25, 0.3) is 0 Å². The van der Waals surface area contributed by atoms with E-state index < -0.39 is 0 Å². The predicted molar refractivity (Wildman–Crippen MR) is 144 cm³/mol. The lowest BCUT2D eigenvalue weighted by atomic mass is 10.1. The van der Waals surface area contributed by atoms with Gasteiger partial charge in [-0.25, -0.2) is 4.99 Å². The first kappa shape index (κ1) is 27.2. The van der Waals surface area contributed by atoms with Crippen molar-refractivity contribution in [2.24, 2.45) is 4.99 Å². The van der Waals surface area contributed by atoms with Crippen LogP contribution in [-0.4, -0.2) is 63.5 Å². The molecule has 0 aromatic heterocycles. The zero-order valence-corrected chi connectivity index (χ0v) is 22.2. The standard InChI is InChI=1S/C25H36N4O3.HI/c1-4-26-25(27-17-20(2)32-24-11-6-5-10-23(24)30-3)28-18-21-8-7-9-22(16-21)19-29-12-14-31-15-13-29;/h5-11,16,20H,4,12-15,17-19H2,1-3H3,(H2,26,27,28);1H. The lowest BCUT2D eigenvalue weighted by Gasteiger charge is -2.26. The molecular formula is C25H37IN4O3. The molecule has 0 saturated carbocycles. The van der Waals surface area contributed by atoms with Crippen LogP contribution in [-0.2, 0) is 17.8 Å². The first-order valence-electron chi connectivity index (χ1n) is 11.4. The number of hydrogen-bond acceptors (Lipinski definition) is 5. The molecule has 0 amide bonds. The van der Waals surface area contributed by atoms with E-state index in [0.29, 0.717) is 13.1 Å². The Balaban J connectivity index is 0.00000385. The molecule has 1 heterocycles. The quantitative estimate of drug-likeness (QED) is 0.259. The van der Waals surface area contributed by atoms with E-state index >= 15 is 0 Å². The number of nitrogens with zero attached hydrogens (tertiary/aromatic N) is 2. The molecule has 1 atom stereocenters. The minimum absolute atomic E-state index is 0. The van der Waals surface area contributed by atoms with Crippen LogP contribution < -0.4 is 20.1 Å². The summed E-state index contributed by atoms with van der Waals surface area (Å²) in [6, 6.07) is 16.4. The molecule has 33 heavy (non-hydrogen) atoms. The molecular weight excluding hydrogens is 531 g/mol. The van der Waals surface area contributed by atoms with Crippen molar-refractivity contribution in [3.63, 3.8) is 0 Å². The number of benzene rings is 2. The van der Waals surface area contributed by atoms with Crippen LogP contribution in [0.3, 0.4) is 0 Å². The van der Waals surface area contributed by atoms with E-state index in [0.717, 1.165) is 56.9 Å². The van der Waals surface area contributed by atoms with Crippen LogP contribution in [0, 0.1) is 0 Å². The number of rotatable bonds is 10. The summed E-state index contributed by atoms with van der Waals surface area (Å²) in [5, 5.41) is 6.69. The fourth-order valence-electron chi connectivity index (χ4n) is 3.57. The number of nitrogens with one attached hydrogen (secondary N) is 2. The summed E-state index contributed by atoms with van der Waals surface area (Å²) in [7, 11) is 1.65. The minimum atomic E-state index is -0.0491. The highest BCUT2D eigenvalue weighted by Crippen LogP contribution is 2.26. The predicted octanol–water partition coefficient (Wildman–Crippen LogP) is 3.67. The van der Waals surface area contributed by atoms with Crippen LogP contribution in [0.25, 0.3) is 0 Å². The average molecular weight is 569 g/mol. The van der Waals surface area contributed by atoms with Crippen molar-refractivity contribution in [2.45, 2.75) is 33.0 Å². The second-order valence-corrected chi connectivity index (χ2v) is 7.86. The van der Waals surface area contributed by atoms with E-state index in [2.05, 4.69) is 46.7 Å². The molecule has 3 rings (SSSR count). The zero-order chi connectivity index (χ0) is 22.6. The maximum absolute atomic E-state index is 6.03. The molecule has 2 N–H and O–H groups in total. The van der Waals surface area contributed by atoms with Crippen LogP contribution in [0.5, 0.6) is 11.5 Å². The Hall–Kier alpha value is -2.04. The van der Waals surface area contributed by atoms with Gasteiger partial charge in [0, 0.05) is 26.2 Å². The van der Waals surface area contributed by atoms with Gasteiger partial charge in [-0.15, -0.1) is 24.0 Å². The molecule has 0 bridgehead atoms. The van der Waals surface area contributed by atoms with Crippen molar-refractivity contribution in [2.75, 3.05) is 46.5 Å². The Labute approximate surface area is 214 Å². The summed E-state index contributed by atoms with van der Waals surface area (Å²) < 4.78 is 16.8. The third kappa shape index (κ3) is 9.38. The number of guanidine groups is 1. The van der Waals surface area contributed by atoms with Crippen molar-refractivity contribution in [3.05, 3.63) is 59.7 Å². The smallest absolute Gasteiger partial charge is 0.191 e. The normalized spacial score (nSPS) is 15.3. The van der Waals surface area contributed by atoms with Crippen molar-refractivity contribution in [1.29, 1.82) is 0 Å². The van der Waals surface area contributed by atoms with Gasteiger partial charge in [0.05, 0.1) is 33.4 Å². The van der Waals surface area contributed by atoms with E-state index in [1.165, 1.54) is 11.1 Å². The van der Waals surface area contributed by atoms with Crippen LogP contribution in [0.15, 0.2) is 53.5 Å². The molecule has 0 radical (unpaired) electrons. The molecule has 182 valence electrons. The van der Waals surface area contributed by atoms with E-state index in [1.807, 2.05) is 31.2 Å². The van der Waals surface area contributed by atoms with Crippen LogP contribution in [0.2, 0.25) is 0 Å². The second-order valence-electron chi connectivity index (χ2n) is 7.86. The maximum Gasteiger partial charge on any atom is 0.191 e. The van der Waals surface area contributed by atoms with Crippen LogP contribution in [0.1, 0.15) is 25.0 Å². The third-order valence-electron chi connectivity index (χ3n) is 5.22. The van der Waals surface area contributed by atoms with Gasteiger partial charge in [-0.05, 0) is 37.1 Å². The number of morpholine rings is 1. The van der Waals surface area contributed by atoms with Gasteiger partial charge in [-0.2, -0.15) is 0 Å². The lowest BCUT2D eigenvalue weighted by Crippen LogP contribution is -2.41. The summed E-state index contributed by atoms with van der Waals surface area (Å²) in [6.45, 7) is 10.7. The number of methoxy groups -OCH3 is 1. The lowest BCUT2D eigenvalue weighted by molar-refractivity contribution is 0.0342. The molecule has 1 fully saturated rings. The first-order chi connectivity index (χ1) is 15.7. The van der Waals surface area contributed by atoms with E-state index in [9.17, 15) is 0 Å². The Morgan fingerprint density at radius 1 is 1.06 bits per heavy atom. The zero-order valence-electron chi connectivity index (χ0n) is 19.9. The van der Waals surface area contributed by atoms with Crippen LogP contribution in [0.4, 0.5) is 0 Å². The number of ether oxygens (including phenoxy) is 3. The maximum atomic E-state index is 6.03. The second kappa shape index (κ2) is 15.0. The Morgan fingerprint density at radius 3 is 2.52 bits per heavy atom. The Kier molecular flexibility index (Phi) is 12.3. The van der Waals surface area contributed by atoms with Gasteiger partial charge in [0.15, 0.2) is 17.5 Å². The third-order valence-corrected chi connectivity index (χ3v) is 5.22. The van der Waals surface area contributed by atoms with Gasteiger partial charge in [-0.1, -0.05) is 36.4 Å². The molecule has 0 aliphatic carbocycles. The summed E-state index contributed by atoms with van der Waals surface area (Å²) in [5.41, 5.74) is 2.52. The molecule has 1 unspecified atom stereocenters. The molecule has 1 aliphatic heterocycles. The van der Waals surface area contributed by atoms with Gasteiger partial charge >= 0.3 is 0 Å². The fourth-order valence-corrected chi connectivity index (χ4v) is 3.57. The Morgan fingerprint density at radius 2 is 1.79 bits per heavy atom. The summed E-state index contributed by atoms with van der Waals surface area (Å²) in [4.78, 5) is 7.20. The summed E-state index contributed by atoms with van der Waals surface area (Å²) >= 11 is 0. The van der Waals surface area contributed by atoms with Gasteiger partial charge < -0.3 is 24.8 Å². The number of halogens is 1. The van der Waals surface area contributed by atoms with Crippen molar-refractivity contribution in [1.82, 2.24) is 15.5 Å². The molecule has 8 heteroatoms. The van der Waals surface area contributed by atoms with E-state index in [4.69, 9.17) is 19.2 Å². The molecule has 7 nitrogen and oxygen atoms in total. The summed E-state index contributed by atoms with van der Waals surface area (Å²) in [6.07, 6.45) is -0.0491. The number of hydrogen-bond donors (Lipinski definition) is 2. The van der Waals surface area contributed by atoms with Gasteiger partial charge in [0.1, 0.15) is 6.10 Å². The number of para-hydroxylation sites is 2. The largest absolute Gasteiger partial charge is 0.493 e. The van der Waals surface area contributed by atoms with Crippen LogP contribution >= 0.6 is 24.0 Å². The van der Waals surface area contributed by atoms with E-state index in [1.54, 1.807) is 7.11 Å². The highest BCUT2D eigenvalue weighted by molar-refractivity contribution is 14.0. The Bertz CT molecular complexity index is 859. The molecule has 0 spiro atoms. The monoisotopic (exact) mass is 568 g/mol. The highest BCUT2D eigenvalue weighted by Gasteiger charge is 2.11. The molecule has 2 aromatic carbocycles. The van der Waals surface area contributed by atoms with Crippen molar-refractivity contribution in [3.8, 4) is 11.5 Å². The van der Waals surface area contributed by atoms with Crippen molar-refractivity contribution >= 4 is 29.9 Å². The highest BCUT2D eigenvalue weighted by atomic mass is 127. The van der Waals surface area contributed by atoms with E-state index in [-0.39, 0.29) is 30.1 Å². The topological polar surface area (TPSA) is 67.4 Å².